The summed E-state index contributed by atoms with van der Waals surface area (Å²) in [5, 5.41) is 19.1. The molecule has 2 aliphatic rings. The molecule has 4 aromatic rings. The molecule has 2 fully saturated rings. The summed E-state index contributed by atoms with van der Waals surface area (Å²) in [5.41, 5.74) is 3.45. The number of halogens is 4. The molecule has 5 heterocycles. The van der Waals surface area contributed by atoms with Gasteiger partial charge in [0.2, 0.25) is 0 Å². The first kappa shape index (κ1) is 28.3. The number of aliphatic carboxylic acids is 1. The number of pyridine rings is 1. The fourth-order valence-electron chi connectivity index (χ4n) is 4.84. The lowest BCUT2D eigenvalue weighted by atomic mass is 10.1. The Morgan fingerprint density at radius 3 is 2.56 bits per heavy atom. The summed E-state index contributed by atoms with van der Waals surface area (Å²) in [6.45, 7) is 6.73. The molecule has 1 aromatic carbocycles. The molecule has 1 atom stereocenters. The lowest BCUT2D eigenvalue weighted by molar-refractivity contribution is -0.192. The third-order valence-electron chi connectivity index (χ3n) is 6.78. The van der Waals surface area contributed by atoms with E-state index in [1.807, 2.05) is 23.0 Å². The fraction of sp³-hybridized carbons (Fsp3) is 0.385. The smallest absolute Gasteiger partial charge is 0.475 e. The van der Waals surface area contributed by atoms with Crippen molar-refractivity contribution in [2.45, 2.75) is 25.6 Å². The van der Waals surface area contributed by atoms with Crippen LogP contribution in [-0.2, 0) is 9.53 Å². The zero-order valence-corrected chi connectivity index (χ0v) is 21.9. The van der Waals surface area contributed by atoms with Crippen LogP contribution in [0.4, 0.5) is 28.9 Å². The zero-order chi connectivity index (χ0) is 29.3. The van der Waals surface area contributed by atoms with Crippen LogP contribution in [0.25, 0.3) is 16.6 Å². The van der Waals surface area contributed by atoms with Gasteiger partial charge in [0.15, 0.2) is 11.5 Å². The monoisotopic (exact) mass is 577 g/mol. The van der Waals surface area contributed by atoms with Crippen molar-refractivity contribution in [3.63, 3.8) is 0 Å². The molecule has 2 saturated heterocycles. The average molecular weight is 578 g/mol. The van der Waals surface area contributed by atoms with Gasteiger partial charge in [0.1, 0.15) is 5.52 Å². The van der Waals surface area contributed by atoms with E-state index in [1.54, 1.807) is 23.7 Å². The molecule has 6 rings (SSSR count). The number of ether oxygens (including phenoxy) is 1. The van der Waals surface area contributed by atoms with Crippen LogP contribution in [0.2, 0.25) is 0 Å². The summed E-state index contributed by atoms with van der Waals surface area (Å²) >= 11 is 0. The predicted molar refractivity (Wildman–Crippen MR) is 141 cm³/mol. The van der Waals surface area contributed by atoms with Gasteiger partial charge in [-0.05, 0) is 25.5 Å². The van der Waals surface area contributed by atoms with E-state index in [9.17, 15) is 22.4 Å². The Balaban J connectivity index is 0.000000431. The van der Waals surface area contributed by atoms with E-state index in [0.29, 0.717) is 35.7 Å². The van der Waals surface area contributed by atoms with Gasteiger partial charge in [-0.15, -0.1) is 0 Å². The van der Waals surface area contributed by atoms with Crippen LogP contribution in [-0.4, -0.2) is 81.7 Å². The number of benzene rings is 1. The van der Waals surface area contributed by atoms with Crippen molar-refractivity contribution in [2.24, 2.45) is 0 Å². The molecule has 218 valence electrons. The lowest BCUT2D eigenvalue weighted by Gasteiger charge is -2.30. The van der Waals surface area contributed by atoms with Gasteiger partial charge in [0.05, 0.1) is 29.6 Å². The van der Waals surface area contributed by atoms with Gasteiger partial charge >= 0.3 is 12.1 Å². The van der Waals surface area contributed by atoms with Crippen molar-refractivity contribution in [3.8, 4) is 0 Å². The molecule has 0 bridgehead atoms. The summed E-state index contributed by atoms with van der Waals surface area (Å²) in [7, 11) is 0. The average Bonchev–Trinajstić information content (AvgIpc) is 3.68. The number of fused-ring (bicyclic) bond motifs is 2. The molecule has 11 nitrogen and oxygen atoms in total. The van der Waals surface area contributed by atoms with Crippen LogP contribution in [0.3, 0.4) is 0 Å². The number of carbonyl (C=O) groups excluding carboxylic acids is 1. The summed E-state index contributed by atoms with van der Waals surface area (Å²) in [6, 6.07) is 5.25. The number of anilines is 2. The molecule has 0 radical (unpaired) electrons. The first-order valence-corrected chi connectivity index (χ1v) is 12.8. The molecule has 15 heteroatoms. The van der Waals surface area contributed by atoms with Crippen molar-refractivity contribution in [1.29, 1.82) is 0 Å². The number of piperazine rings is 1. The van der Waals surface area contributed by atoms with Crippen LogP contribution < -0.4 is 15.5 Å². The van der Waals surface area contributed by atoms with Gasteiger partial charge in [-0.1, -0.05) is 0 Å². The number of aryl methyl sites for hydroxylation is 1. The van der Waals surface area contributed by atoms with Crippen LogP contribution in [0.1, 0.15) is 28.5 Å². The summed E-state index contributed by atoms with van der Waals surface area (Å²) in [6.07, 6.45) is 1.22. The summed E-state index contributed by atoms with van der Waals surface area (Å²) in [4.78, 5) is 28.7. The minimum atomic E-state index is -5.08. The van der Waals surface area contributed by atoms with E-state index in [0.717, 1.165) is 43.7 Å². The van der Waals surface area contributed by atoms with Gasteiger partial charge in [-0.25, -0.2) is 14.2 Å². The molecule has 3 aromatic heterocycles. The zero-order valence-electron chi connectivity index (χ0n) is 21.9. The summed E-state index contributed by atoms with van der Waals surface area (Å²) in [5.74, 6) is -3.58. The maximum Gasteiger partial charge on any atom is 0.490 e. The van der Waals surface area contributed by atoms with Gasteiger partial charge in [-0.2, -0.15) is 18.3 Å². The Hall–Kier alpha value is -4.24. The fourth-order valence-corrected chi connectivity index (χ4v) is 4.84. The summed E-state index contributed by atoms with van der Waals surface area (Å²) < 4.78 is 55.3. The highest BCUT2D eigenvalue weighted by Crippen LogP contribution is 2.32. The third-order valence-corrected chi connectivity index (χ3v) is 6.78. The van der Waals surface area contributed by atoms with Crippen molar-refractivity contribution in [3.05, 3.63) is 53.9 Å². The number of nitrogens with zero attached hydrogens (tertiary/aromatic N) is 5. The Labute approximate surface area is 230 Å². The van der Waals surface area contributed by atoms with Crippen molar-refractivity contribution < 1.29 is 37.0 Å². The van der Waals surface area contributed by atoms with E-state index in [2.05, 4.69) is 20.5 Å². The molecular weight excluding hydrogens is 550 g/mol. The number of aromatic nitrogens is 4. The molecule has 3 N–H and O–H groups in total. The number of carbonyl (C=O) groups is 2. The molecule has 0 saturated carbocycles. The van der Waals surface area contributed by atoms with Crippen molar-refractivity contribution in [2.75, 3.05) is 49.6 Å². The largest absolute Gasteiger partial charge is 0.490 e. The maximum atomic E-state index is 14.5. The Morgan fingerprint density at radius 2 is 1.90 bits per heavy atom. The highest BCUT2D eigenvalue weighted by molar-refractivity contribution is 6.14. The molecule has 0 spiro atoms. The number of hydrogen-bond acceptors (Lipinski definition) is 7. The number of hydrogen-bond donors (Lipinski definition) is 3. The standard InChI is InChI=1S/C24H26FN7O2.C2HF3O2/c1-15-11-31-12-16(10-20(25)23(31)27-15)28-24(33)18-2-3-21(30-7-5-26-6-8-30)19-13-32(29-22(18)19)17-4-9-34-14-17;3-2(4,5)1(6)7/h2-3,10-13,17,26H,4-9,14H2,1H3,(H,28,33);(H,6,7). The first-order chi connectivity index (χ1) is 19.5. The topological polar surface area (TPSA) is 126 Å². The van der Waals surface area contributed by atoms with E-state index < -0.39 is 18.0 Å². The second-order valence-corrected chi connectivity index (χ2v) is 9.71. The number of nitrogens with one attached hydrogen (secondary N) is 2. The highest BCUT2D eigenvalue weighted by atomic mass is 19.4. The number of rotatable bonds is 4. The maximum absolute atomic E-state index is 14.5. The van der Waals surface area contributed by atoms with Crippen molar-refractivity contribution in [1.82, 2.24) is 24.5 Å². The van der Waals surface area contributed by atoms with E-state index in [-0.39, 0.29) is 17.6 Å². The number of imidazole rings is 1. The van der Waals surface area contributed by atoms with Crippen LogP contribution in [0.5, 0.6) is 0 Å². The van der Waals surface area contributed by atoms with Gasteiger partial charge < -0.3 is 29.8 Å². The van der Waals surface area contributed by atoms with Gasteiger partial charge in [0, 0.05) is 68.5 Å². The van der Waals surface area contributed by atoms with Gasteiger partial charge in [0.25, 0.3) is 5.91 Å². The molecule has 2 aliphatic heterocycles. The second-order valence-electron chi connectivity index (χ2n) is 9.71. The molecule has 0 aliphatic carbocycles. The predicted octanol–water partition coefficient (Wildman–Crippen LogP) is 3.39. The van der Waals surface area contributed by atoms with Crippen molar-refractivity contribution >= 4 is 39.8 Å². The van der Waals surface area contributed by atoms with Gasteiger partial charge in [-0.3, -0.25) is 9.48 Å². The molecular formula is C26H27F4N7O4. The second kappa shape index (κ2) is 11.3. The first-order valence-electron chi connectivity index (χ1n) is 12.8. The minimum absolute atomic E-state index is 0.153. The number of carboxylic acids is 1. The SMILES string of the molecule is Cc1cn2cc(NC(=O)c3ccc(N4CCNCC4)c4cn(C5CCOC5)nc34)cc(F)c2n1.O=C(O)C(F)(F)F. The molecule has 1 amide bonds. The van der Waals surface area contributed by atoms with Crippen LogP contribution in [0.15, 0.2) is 36.8 Å². The number of carboxylic acid groups (broad SMARTS) is 1. The Morgan fingerprint density at radius 1 is 1.17 bits per heavy atom. The quantitative estimate of drug-likeness (QED) is 0.315. The Kier molecular flexibility index (Phi) is 7.82. The van der Waals surface area contributed by atoms with Crippen LogP contribution >= 0.6 is 0 Å². The minimum Gasteiger partial charge on any atom is -0.475 e. The Bertz CT molecular complexity index is 1590. The molecule has 41 heavy (non-hydrogen) atoms. The van der Waals surface area contributed by atoms with E-state index in [4.69, 9.17) is 19.7 Å². The van der Waals surface area contributed by atoms with E-state index in [1.165, 1.54) is 6.07 Å². The normalized spacial score (nSPS) is 17.5. The number of amides is 1. The third kappa shape index (κ3) is 6.10. The highest BCUT2D eigenvalue weighted by Gasteiger charge is 2.38. The van der Waals surface area contributed by atoms with E-state index >= 15 is 0 Å². The number of alkyl halides is 3. The van der Waals surface area contributed by atoms with Crippen LogP contribution in [0, 0.1) is 12.7 Å². The lowest BCUT2D eigenvalue weighted by Crippen LogP contribution is -2.43. The molecule has 1 unspecified atom stereocenters.